The van der Waals surface area contributed by atoms with Gasteiger partial charge in [0.2, 0.25) is 10.0 Å². The van der Waals surface area contributed by atoms with Crippen LogP contribution in [0.1, 0.15) is 22.4 Å². The van der Waals surface area contributed by atoms with Gasteiger partial charge in [0.1, 0.15) is 4.21 Å². The summed E-state index contributed by atoms with van der Waals surface area (Å²) in [6.07, 6.45) is 2.33. The van der Waals surface area contributed by atoms with Crippen molar-refractivity contribution in [2.24, 2.45) is 0 Å². The van der Waals surface area contributed by atoms with E-state index in [1.807, 2.05) is 13.0 Å². The molecule has 2 aromatic rings. The lowest BCUT2D eigenvalue weighted by molar-refractivity contribution is 0.0609. The first-order valence-electron chi connectivity index (χ1n) is 8.63. The van der Waals surface area contributed by atoms with E-state index in [9.17, 15) is 13.2 Å². The molecule has 0 unspecified atom stereocenters. The number of carbonyl (C=O) groups excluding carboxylic acids is 1. The minimum Gasteiger partial charge on any atom is -0.459 e. The molecular weight excluding hydrogens is 374 g/mol. The highest BCUT2D eigenvalue weighted by molar-refractivity contribution is 7.91. The molecule has 0 atom stereocenters. The molecule has 1 fully saturated rings. The van der Waals surface area contributed by atoms with E-state index in [2.05, 4.69) is 9.62 Å². The Bertz CT molecular complexity index is 822. The van der Waals surface area contributed by atoms with Gasteiger partial charge in [-0.05, 0) is 30.7 Å². The van der Waals surface area contributed by atoms with E-state index in [1.54, 1.807) is 23.1 Å². The number of piperazine rings is 1. The van der Waals surface area contributed by atoms with Crippen LogP contribution in [-0.2, 0) is 16.4 Å². The van der Waals surface area contributed by atoms with Crippen LogP contribution in [0, 0.1) is 0 Å². The number of amides is 1. The third kappa shape index (κ3) is 4.53. The predicted octanol–water partition coefficient (Wildman–Crippen LogP) is 1.64. The van der Waals surface area contributed by atoms with Crippen molar-refractivity contribution in [1.82, 2.24) is 14.5 Å². The number of nitrogens with zero attached hydrogens (tertiary/aromatic N) is 2. The van der Waals surface area contributed by atoms with E-state index < -0.39 is 10.0 Å². The molecule has 1 amide bonds. The van der Waals surface area contributed by atoms with Crippen molar-refractivity contribution in [3.05, 3.63) is 41.2 Å². The van der Waals surface area contributed by atoms with Crippen molar-refractivity contribution in [3.63, 3.8) is 0 Å². The number of hydrogen-bond donors (Lipinski definition) is 1. The number of thiophene rings is 1. The number of hydrogen-bond acceptors (Lipinski definition) is 6. The molecule has 1 aliphatic heterocycles. The summed E-state index contributed by atoms with van der Waals surface area (Å²) in [7, 11) is -3.44. The Morgan fingerprint density at radius 2 is 2.00 bits per heavy atom. The highest BCUT2D eigenvalue weighted by Crippen LogP contribution is 2.21. The van der Waals surface area contributed by atoms with Gasteiger partial charge >= 0.3 is 0 Å². The van der Waals surface area contributed by atoms with Gasteiger partial charge in [0.05, 0.1) is 6.26 Å². The summed E-state index contributed by atoms with van der Waals surface area (Å²) in [5.41, 5.74) is 0. The van der Waals surface area contributed by atoms with Gasteiger partial charge < -0.3 is 9.32 Å². The molecule has 142 valence electrons. The number of sulfonamides is 1. The molecule has 1 saturated heterocycles. The average molecular weight is 398 g/mol. The van der Waals surface area contributed by atoms with Crippen molar-refractivity contribution in [2.45, 2.75) is 17.6 Å². The fourth-order valence-corrected chi connectivity index (χ4v) is 5.19. The normalized spacial score (nSPS) is 16.1. The maximum absolute atomic E-state index is 12.3. The molecule has 0 aliphatic carbocycles. The van der Waals surface area contributed by atoms with Crippen LogP contribution in [0.4, 0.5) is 0 Å². The van der Waals surface area contributed by atoms with E-state index in [1.165, 1.54) is 17.6 Å². The van der Waals surface area contributed by atoms with Crippen LogP contribution < -0.4 is 4.72 Å². The summed E-state index contributed by atoms with van der Waals surface area (Å²) < 4.78 is 32.8. The van der Waals surface area contributed by atoms with Crippen molar-refractivity contribution < 1.29 is 17.6 Å². The second-order valence-electron chi connectivity index (χ2n) is 6.08. The quantitative estimate of drug-likeness (QED) is 0.768. The molecule has 1 aliphatic rings. The number of aryl methyl sites for hydroxylation is 1. The Morgan fingerprint density at radius 3 is 2.62 bits per heavy atom. The lowest BCUT2D eigenvalue weighted by Gasteiger charge is -2.34. The van der Waals surface area contributed by atoms with Gasteiger partial charge in [-0.25, -0.2) is 13.1 Å². The molecule has 9 heteroatoms. The highest BCUT2D eigenvalue weighted by atomic mass is 32.2. The first-order chi connectivity index (χ1) is 12.5. The topological polar surface area (TPSA) is 82.9 Å². The predicted molar refractivity (Wildman–Crippen MR) is 99.9 cm³/mol. The Morgan fingerprint density at radius 1 is 1.23 bits per heavy atom. The van der Waals surface area contributed by atoms with Gasteiger partial charge in [0.25, 0.3) is 5.91 Å². The van der Waals surface area contributed by atoms with Crippen LogP contribution in [0.15, 0.2) is 39.2 Å². The number of furan rings is 1. The molecule has 3 heterocycles. The van der Waals surface area contributed by atoms with Crippen LogP contribution in [0.25, 0.3) is 0 Å². The summed E-state index contributed by atoms with van der Waals surface area (Å²) in [4.78, 5) is 17.2. The zero-order chi connectivity index (χ0) is 18.6. The monoisotopic (exact) mass is 397 g/mol. The van der Waals surface area contributed by atoms with E-state index >= 15 is 0 Å². The molecule has 0 aromatic carbocycles. The van der Waals surface area contributed by atoms with Gasteiger partial charge in [-0.1, -0.05) is 6.92 Å². The van der Waals surface area contributed by atoms with Crippen LogP contribution >= 0.6 is 11.3 Å². The third-order valence-corrected chi connectivity index (χ3v) is 7.54. The number of rotatable bonds is 7. The van der Waals surface area contributed by atoms with Gasteiger partial charge in [-0.2, -0.15) is 0 Å². The molecule has 0 spiro atoms. The summed E-state index contributed by atoms with van der Waals surface area (Å²) in [6.45, 7) is 5.63. The van der Waals surface area contributed by atoms with Crippen LogP contribution in [0.3, 0.4) is 0 Å². The molecule has 3 rings (SSSR count). The van der Waals surface area contributed by atoms with Gasteiger partial charge in [-0.15, -0.1) is 11.3 Å². The molecule has 7 nitrogen and oxygen atoms in total. The molecule has 0 saturated carbocycles. The zero-order valence-electron chi connectivity index (χ0n) is 14.7. The SMILES string of the molecule is CCc1ccc(S(=O)(=O)NCCN2CCN(C(=O)c3ccco3)CC2)s1. The van der Waals surface area contributed by atoms with E-state index in [0.29, 0.717) is 49.2 Å². The van der Waals surface area contributed by atoms with E-state index in [0.717, 1.165) is 11.3 Å². The minimum atomic E-state index is -3.44. The van der Waals surface area contributed by atoms with Crippen LogP contribution in [0.2, 0.25) is 0 Å². The zero-order valence-corrected chi connectivity index (χ0v) is 16.3. The second kappa shape index (κ2) is 8.34. The smallest absolute Gasteiger partial charge is 0.289 e. The van der Waals surface area contributed by atoms with Gasteiger partial charge in [0, 0.05) is 44.1 Å². The van der Waals surface area contributed by atoms with Gasteiger partial charge in [-0.3, -0.25) is 9.69 Å². The van der Waals surface area contributed by atoms with Crippen molar-refractivity contribution in [2.75, 3.05) is 39.3 Å². The average Bonchev–Trinajstić information content (AvgIpc) is 3.33. The summed E-state index contributed by atoms with van der Waals surface area (Å²) in [6, 6.07) is 6.88. The van der Waals surface area contributed by atoms with Gasteiger partial charge in [0.15, 0.2) is 5.76 Å². The number of nitrogens with one attached hydrogen (secondary N) is 1. The summed E-state index contributed by atoms with van der Waals surface area (Å²) in [5, 5.41) is 0. The lowest BCUT2D eigenvalue weighted by Crippen LogP contribution is -2.50. The minimum absolute atomic E-state index is 0.0974. The Kier molecular flexibility index (Phi) is 6.13. The third-order valence-electron chi connectivity index (χ3n) is 4.36. The Labute approximate surface area is 157 Å². The largest absolute Gasteiger partial charge is 0.459 e. The summed E-state index contributed by atoms with van der Waals surface area (Å²) in [5.74, 6) is 0.258. The standard InChI is InChI=1S/C17H23N3O4S2/c1-2-14-5-6-16(25-14)26(22,23)18-7-8-19-9-11-20(12-10-19)17(21)15-4-3-13-24-15/h3-6,13,18H,2,7-12H2,1H3. The number of carbonyl (C=O) groups is 1. The van der Waals surface area contributed by atoms with Crippen molar-refractivity contribution in [1.29, 1.82) is 0 Å². The molecule has 2 aromatic heterocycles. The lowest BCUT2D eigenvalue weighted by atomic mass is 10.3. The van der Waals surface area contributed by atoms with Crippen LogP contribution in [0.5, 0.6) is 0 Å². The van der Waals surface area contributed by atoms with Crippen molar-refractivity contribution >= 4 is 27.3 Å². The molecular formula is C17H23N3O4S2. The molecule has 1 N–H and O–H groups in total. The maximum Gasteiger partial charge on any atom is 0.289 e. The maximum atomic E-state index is 12.3. The fourth-order valence-electron chi connectivity index (χ4n) is 2.83. The Balaban J connectivity index is 1.43. The molecule has 0 bridgehead atoms. The molecule has 0 radical (unpaired) electrons. The first kappa shape index (κ1) is 19.1. The first-order valence-corrected chi connectivity index (χ1v) is 10.9. The van der Waals surface area contributed by atoms with E-state index in [-0.39, 0.29) is 5.91 Å². The van der Waals surface area contributed by atoms with E-state index in [4.69, 9.17) is 4.42 Å². The van der Waals surface area contributed by atoms with Crippen LogP contribution in [-0.4, -0.2) is 63.4 Å². The van der Waals surface area contributed by atoms with Crippen molar-refractivity contribution in [3.8, 4) is 0 Å². The Hall–Kier alpha value is -1.68. The summed E-state index contributed by atoms with van der Waals surface area (Å²) >= 11 is 1.31. The molecule has 26 heavy (non-hydrogen) atoms. The fraction of sp³-hybridized carbons (Fsp3) is 0.471. The second-order valence-corrected chi connectivity index (χ2v) is 9.25. The highest BCUT2D eigenvalue weighted by Gasteiger charge is 2.24.